The fraction of sp³-hybridized carbons (Fsp3) is 0.471. The molecule has 4 heteroatoms. The molecule has 0 amide bonds. The molecule has 2 aromatic rings. The summed E-state index contributed by atoms with van der Waals surface area (Å²) in [6.07, 6.45) is 4.00. The third-order valence-corrected chi connectivity index (χ3v) is 3.34. The average molecular weight is 287 g/mol. The Balaban J connectivity index is 1.96. The van der Waals surface area contributed by atoms with Crippen LogP contribution in [0.2, 0.25) is 0 Å². The predicted molar refractivity (Wildman–Crippen MR) is 85.0 cm³/mol. The summed E-state index contributed by atoms with van der Waals surface area (Å²) in [7, 11) is 0. The van der Waals surface area contributed by atoms with Crippen LogP contribution in [0.3, 0.4) is 0 Å². The molecule has 0 saturated carbocycles. The second-order valence-electron chi connectivity index (χ2n) is 6.15. The van der Waals surface area contributed by atoms with Crippen LogP contribution < -0.4 is 0 Å². The van der Waals surface area contributed by atoms with E-state index in [0.717, 1.165) is 19.6 Å². The maximum atomic E-state index is 9.93. The zero-order chi connectivity index (χ0) is 15.3. The van der Waals surface area contributed by atoms with Crippen LogP contribution in [0.1, 0.15) is 31.9 Å². The first-order valence-electron chi connectivity index (χ1n) is 7.46. The van der Waals surface area contributed by atoms with E-state index in [2.05, 4.69) is 35.3 Å². The molecule has 0 bridgehead atoms. The van der Waals surface area contributed by atoms with Gasteiger partial charge < -0.3 is 5.11 Å². The van der Waals surface area contributed by atoms with Crippen molar-refractivity contribution in [3.8, 4) is 0 Å². The molecule has 0 saturated heterocycles. The molecule has 21 heavy (non-hydrogen) atoms. The van der Waals surface area contributed by atoms with Gasteiger partial charge >= 0.3 is 0 Å². The summed E-state index contributed by atoms with van der Waals surface area (Å²) < 4.78 is 1.96. The van der Waals surface area contributed by atoms with Crippen LogP contribution in [-0.4, -0.2) is 38.5 Å². The summed E-state index contributed by atoms with van der Waals surface area (Å²) >= 11 is 0. The molecule has 1 N–H and O–H groups in total. The van der Waals surface area contributed by atoms with E-state index in [-0.39, 0.29) is 0 Å². The van der Waals surface area contributed by atoms with Gasteiger partial charge in [-0.15, -0.1) is 0 Å². The van der Waals surface area contributed by atoms with Crippen molar-refractivity contribution in [2.75, 3.05) is 13.1 Å². The molecule has 0 fully saturated rings. The van der Waals surface area contributed by atoms with Crippen molar-refractivity contribution >= 4 is 0 Å². The van der Waals surface area contributed by atoms with Crippen molar-refractivity contribution in [2.24, 2.45) is 0 Å². The molecular weight excluding hydrogens is 262 g/mol. The van der Waals surface area contributed by atoms with Gasteiger partial charge in [-0.2, -0.15) is 5.10 Å². The van der Waals surface area contributed by atoms with E-state index in [1.54, 1.807) is 0 Å². The molecule has 1 aromatic heterocycles. The van der Waals surface area contributed by atoms with E-state index in [1.165, 1.54) is 11.1 Å². The van der Waals surface area contributed by atoms with E-state index in [9.17, 15) is 5.11 Å². The van der Waals surface area contributed by atoms with Crippen LogP contribution in [0.25, 0.3) is 0 Å². The Morgan fingerprint density at radius 2 is 1.90 bits per heavy atom. The molecule has 0 spiro atoms. The van der Waals surface area contributed by atoms with Gasteiger partial charge in [-0.1, -0.05) is 37.3 Å². The second-order valence-corrected chi connectivity index (χ2v) is 6.15. The first-order valence-corrected chi connectivity index (χ1v) is 7.46. The van der Waals surface area contributed by atoms with Crippen LogP contribution in [0.5, 0.6) is 0 Å². The Morgan fingerprint density at radius 1 is 1.19 bits per heavy atom. The number of aliphatic hydroxyl groups is 1. The van der Waals surface area contributed by atoms with Gasteiger partial charge in [-0.05, 0) is 26.0 Å². The zero-order valence-electron chi connectivity index (χ0n) is 13.2. The first kappa shape index (κ1) is 15.7. The Kier molecular flexibility index (Phi) is 5.15. The summed E-state index contributed by atoms with van der Waals surface area (Å²) in [5.74, 6) is 0. The number of nitrogens with zero attached hydrogens (tertiary/aromatic N) is 3. The first-order chi connectivity index (χ1) is 9.96. The van der Waals surface area contributed by atoms with Crippen molar-refractivity contribution < 1.29 is 5.11 Å². The average Bonchev–Trinajstić information content (AvgIpc) is 2.85. The van der Waals surface area contributed by atoms with E-state index < -0.39 is 5.60 Å². The van der Waals surface area contributed by atoms with Crippen LogP contribution in [0.4, 0.5) is 0 Å². The fourth-order valence-corrected chi connectivity index (χ4v) is 2.43. The Labute approximate surface area is 127 Å². The lowest BCUT2D eigenvalue weighted by Gasteiger charge is -2.27. The molecule has 4 nitrogen and oxygen atoms in total. The van der Waals surface area contributed by atoms with Gasteiger partial charge in [0.1, 0.15) is 0 Å². The van der Waals surface area contributed by atoms with Crippen LogP contribution in [0, 0.1) is 0 Å². The SMILES string of the molecule is CCN(Cc1cnn(Cc2ccccc2)c1)CC(C)(C)O. The lowest BCUT2D eigenvalue weighted by molar-refractivity contribution is 0.0353. The highest BCUT2D eigenvalue weighted by atomic mass is 16.3. The number of likely N-dealkylation sites (N-methyl/N-ethyl adjacent to an activating group) is 1. The van der Waals surface area contributed by atoms with Crippen molar-refractivity contribution in [1.82, 2.24) is 14.7 Å². The van der Waals surface area contributed by atoms with Crippen LogP contribution in [0.15, 0.2) is 42.7 Å². The Hall–Kier alpha value is -1.65. The second kappa shape index (κ2) is 6.87. The van der Waals surface area contributed by atoms with Crippen LogP contribution >= 0.6 is 0 Å². The third kappa shape index (κ3) is 5.33. The Bertz CT molecular complexity index is 543. The highest BCUT2D eigenvalue weighted by molar-refractivity contribution is 5.15. The van der Waals surface area contributed by atoms with Gasteiger partial charge in [0.25, 0.3) is 0 Å². The molecule has 0 aliphatic rings. The largest absolute Gasteiger partial charge is 0.389 e. The van der Waals surface area contributed by atoms with Gasteiger partial charge in [0.2, 0.25) is 0 Å². The van der Waals surface area contributed by atoms with Crippen molar-refractivity contribution in [1.29, 1.82) is 0 Å². The summed E-state index contributed by atoms with van der Waals surface area (Å²) in [4.78, 5) is 2.23. The highest BCUT2D eigenvalue weighted by Gasteiger charge is 2.17. The molecule has 0 atom stereocenters. The predicted octanol–water partition coefficient (Wildman–Crippen LogP) is 2.52. The van der Waals surface area contributed by atoms with E-state index in [0.29, 0.717) is 6.54 Å². The lowest BCUT2D eigenvalue weighted by Crippen LogP contribution is -2.38. The smallest absolute Gasteiger partial charge is 0.0718 e. The van der Waals surface area contributed by atoms with Crippen LogP contribution in [-0.2, 0) is 13.1 Å². The molecule has 0 unspecified atom stereocenters. The maximum absolute atomic E-state index is 9.93. The monoisotopic (exact) mass is 287 g/mol. The minimum absolute atomic E-state index is 0.660. The summed E-state index contributed by atoms with van der Waals surface area (Å²) in [6.45, 7) is 8.97. The summed E-state index contributed by atoms with van der Waals surface area (Å²) in [5.41, 5.74) is 1.75. The number of hydrogen-bond donors (Lipinski definition) is 1. The Morgan fingerprint density at radius 3 is 2.52 bits per heavy atom. The number of rotatable bonds is 7. The van der Waals surface area contributed by atoms with E-state index in [1.807, 2.05) is 42.9 Å². The molecule has 0 aliphatic heterocycles. The fourth-order valence-electron chi connectivity index (χ4n) is 2.43. The highest BCUT2D eigenvalue weighted by Crippen LogP contribution is 2.10. The zero-order valence-corrected chi connectivity index (χ0v) is 13.2. The van der Waals surface area contributed by atoms with Gasteiger partial charge in [-0.3, -0.25) is 9.58 Å². The lowest BCUT2D eigenvalue weighted by atomic mass is 10.1. The van der Waals surface area contributed by atoms with Gasteiger partial charge in [0.15, 0.2) is 0 Å². The molecule has 0 radical (unpaired) electrons. The van der Waals surface area contributed by atoms with Gasteiger partial charge in [0, 0.05) is 24.8 Å². The number of aromatic nitrogens is 2. The summed E-state index contributed by atoms with van der Waals surface area (Å²) in [5, 5.41) is 14.4. The normalized spacial score (nSPS) is 12.0. The molecule has 1 aromatic carbocycles. The standard InChI is InChI=1S/C17H25N3O/c1-4-19(14-17(2,3)21)11-16-10-18-20(13-16)12-15-8-6-5-7-9-15/h5-10,13,21H,4,11-12,14H2,1-3H3. The quantitative estimate of drug-likeness (QED) is 0.851. The molecule has 0 aliphatic carbocycles. The van der Waals surface area contributed by atoms with Crippen molar-refractivity contribution in [2.45, 2.75) is 39.5 Å². The van der Waals surface area contributed by atoms with Gasteiger partial charge in [0.05, 0.1) is 18.3 Å². The maximum Gasteiger partial charge on any atom is 0.0718 e. The molecule has 114 valence electrons. The van der Waals surface area contributed by atoms with Crippen molar-refractivity contribution in [3.05, 3.63) is 53.9 Å². The van der Waals surface area contributed by atoms with E-state index >= 15 is 0 Å². The van der Waals surface area contributed by atoms with Gasteiger partial charge in [-0.25, -0.2) is 0 Å². The third-order valence-electron chi connectivity index (χ3n) is 3.34. The summed E-state index contributed by atoms with van der Waals surface area (Å²) in [6, 6.07) is 10.3. The van der Waals surface area contributed by atoms with E-state index in [4.69, 9.17) is 0 Å². The molecule has 2 rings (SSSR count). The number of hydrogen-bond acceptors (Lipinski definition) is 3. The number of benzene rings is 1. The minimum Gasteiger partial charge on any atom is -0.389 e. The minimum atomic E-state index is -0.671. The van der Waals surface area contributed by atoms with Crippen molar-refractivity contribution in [3.63, 3.8) is 0 Å². The molecule has 1 heterocycles. The topological polar surface area (TPSA) is 41.3 Å². The molecular formula is C17H25N3O.